The average molecular weight is 312 g/mol. The minimum Gasteiger partial charge on any atom is -0.383 e. The van der Waals surface area contributed by atoms with Crippen LogP contribution >= 0.6 is 27.7 Å². The van der Waals surface area contributed by atoms with Crippen molar-refractivity contribution < 1.29 is 0 Å². The summed E-state index contributed by atoms with van der Waals surface area (Å²) in [4.78, 5) is 1.06. The van der Waals surface area contributed by atoms with Crippen LogP contribution < -0.4 is 5.73 Å². The van der Waals surface area contributed by atoms with Gasteiger partial charge < -0.3 is 5.73 Å². The van der Waals surface area contributed by atoms with Crippen molar-refractivity contribution in [3.8, 4) is 0 Å². The van der Waals surface area contributed by atoms with Crippen LogP contribution in [0.5, 0.6) is 0 Å². The fourth-order valence-electron chi connectivity index (χ4n) is 1.56. The molecule has 5 heteroatoms. The lowest BCUT2D eigenvalue weighted by molar-refractivity contribution is 0.694. The van der Waals surface area contributed by atoms with Crippen LogP contribution in [-0.4, -0.2) is 15.5 Å². The summed E-state index contributed by atoms with van der Waals surface area (Å²) in [5, 5.41) is 4.32. The molecule has 1 aromatic heterocycles. The average Bonchev–Trinajstić information content (AvgIpc) is 2.65. The van der Waals surface area contributed by atoms with Crippen LogP contribution in [0, 0.1) is 0 Å². The Morgan fingerprint density at radius 1 is 1.41 bits per heavy atom. The highest BCUT2D eigenvalue weighted by Gasteiger charge is 2.08. The smallest absolute Gasteiger partial charge is 0.135 e. The van der Waals surface area contributed by atoms with Crippen LogP contribution in [0.2, 0.25) is 0 Å². The second kappa shape index (κ2) is 5.60. The molecule has 17 heavy (non-hydrogen) atoms. The molecule has 0 bridgehead atoms. The number of rotatable bonds is 4. The molecule has 0 amide bonds. The Hall–Kier alpha value is -0.940. The molecule has 0 aliphatic carbocycles. The Balaban J connectivity index is 2.22. The minimum absolute atomic E-state index is 0.692. The van der Waals surface area contributed by atoms with Crippen molar-refractivity contribution >= 4 is 33.5 Å². The number of nitrogens with zero attached hydrogens (tertiary/aromatic N) is 2. The fourth-order valence-corrected chi connectivity index (χ4v) is 2.65. The highest BCUT2D eigenvalue weighted by Crippen LogP contribution is 2.25. The minimum atomic E-state index is 0.692. The van der Waals surface area contributed by atoms with E-state index in [2.05, 4.69) is 34.0 Å². The first-order valence-corrected chi connectivity index (χ1v) is 7.17. The van der Waals surface area contributed by atoms with Gasteiger partial charge in [0, 0.05) is 4.47 Å². The molecule has 3 nitrogen and oxygen atoms in total. The van der Waals surface area contributed by atoms with Gasteiger partial charge in [0.05, 0.1) is 17.6 Å². The predicted octanol–water partition coefficient (Wildman–Crippen LogP) is 3.39. The quantitative estimate of drug-likeness (QED) is 0.880. The van der Waals surface area contributed by atoms with Gasteiger partial charge in [-0.25, -0.2) is 4.68 Å². The van der Waals surface area contributed by atoms with Crippen LogP contribution in [0.15, 0.2) is 39.8 Å². The zero-order chi connectivity index (χ0) is 12.3. The Labute approximate surface area is 114 Å². The molecule has 1 aromatic carbocycles. The van der Waals surface area contributed by atoms with Gasteiger partial charge in [-0.1, -0.05) is 41.1 Å². The van der Waals surface area contributed by atoms with Gasteiger partial charge in [-0.15, -0.1) is 11.8 Å². The van der Waals surface area contributed by atoms with Crippen molar-refractivity contribution in [3.05, 3.63) is 40.5 Å². The van der Waals surface area contributed by atoms with E-state index in [1.807, 2.05) is 29.1 Å². The van der Waals surface area contributed by atoms with Crippen molar-refractivity contribution in [3.63, 3.8) is 0 Å². The van der Waals surface area contributed by atoms with Crippen LogP contribution in [0.25, 0.3) is 0 Å². The number of nitrogens with two attached hydrogens (primary N) is 1. The summed E-state index contributed by atoms with van der Waals surface area (Å²) < 4.78 is 2.91. The molecule has 0 saturated heterocycles. The first kappa shape index (κ1) is 12.5. The largest absolute Gasteiger partial charge is 0.383 e. The van der Waals surface area contributed by atoms with Crippen molar-refractivity contribution in [2.75, 3.05) is 11.5 Å². The third-order valence-electron chi connectivity index (χ3n) is 2.42. The first-order chi connectivity index (χ1) is 8.22. The Kier molecular flexibility index (Phi) is 4.12. The van der Waals surface area contributed by atoms with E-state index in [1.165, 1.54) is 5.56 Å². The lowest BCUT2D eigenvalue weighted by Crippen LogP contribution is -2.06. The van der Waals surface area contributed by atoms with Crippen LogP contribution in [0.4, 0.5) is 5.82 Å². The van der Waals surface area contributed by atoms with E-state index in [4.69, 9.17) is 5.73 Å². The summed E-state index contributed by atoms with van der Waals surface area (Å²) in [6.45, 7) is 2.80. The molecular formula is C12H14BrN3S. The normalized spacial score (nSPS) is 10.7. The number of halogens is 1. The monoisotopic (exact) mass is 311 g/mol. The fraction of sp³-hybridized carbons (Fsp3) is 0.250. The van der Waals surface area contributed by atoms with Gasteiger partial charge in [0.15, 0.2) is 0 Å². The van der Waals surface area contributed by atoms with E-state index >= 15 is 0 Å². The second-order valence-corrected chi connectivity index (χ2v) is 5.74. The summed E-state index contributed by atoms with van der Waals surface area (Å²) in [5.74, 6) is 1.75. The Morgan fingerprint density at radius 3 is 2.88 bits per heavy atom. The molecule has 0 radical (unpaired) electrons. The number of benzene rings is 1. The van der Waals surface area contributed by atoms with Gasteiger partial charge >= 0.3 is 0 Å². The van der Waals surface area contributed by atoms with Gasteiger partial charge in [0.2, 0.25) is 0 Å². The highest BCUT2D eigenvalue weighted by atomic mass is 79.9. The van der Waals surface area contributed by atoms with E-state index < -0.39 is 0 Å². The van der Waals surface area contributed by atoms with Gasteiger partial charge in [-0.05, 0) is 17.4 Å². The molecule has 0 fully saturated rings. The first-order valence-electron chi connectivity index (χ1n) is 5.40. The number of hydrogen-bond donors (Lipinski definition) is 1. The maximum absolute atomic E-state index is 6.05. The molecule has 1 heterocycles. The number of nitrogen functional groups attached to an aromatic ring is 1. The summed E-state index contributed by atoms with van der Waals surface area (Å²) in [5.41, 5.74) is 7.23. The molecule has 0 unspecified atom stereocenters. The molecule has 90 valence electrons. The van der Waals surface area contributed by atoms with E-state index in [9.17, 15) is 0 Å². The van der Waals surface area contributed by atoms with Crippen molar-refractivity contribution in [1.29, 1.82) is 0 Å². The van der Waals surface area contributed by atoms with E-state index in [0.717, 1.165) is 20.9 Å². The van der Waals surface area contributed by atoms with Gasteiger partial charge in [0.1, 0.15) is 5.82 Å². The summed E-state index contributed by atoms with van der Waals surface area (Å²) in [6, 6.07) is 8.11. The lowest BCUT2D eigenvalue weighted by atomic mass is 10.2. The summed E-state index contributed by atoms with van der Waals surface area (Å²) in [6.07, 6.45) is 1.83. The van der Waals surface area contributed by atoms with Crippen molar-refractivity contribution in [2.45, 2.75) is 18.4 Å². The predicted molar refractivity (Wildman–Crippen MR) is 76.3 cm³/mol. The molecule has 0 aliphatic rings. The molecule has 2 rings (SSSR count). The van der Waals surface area contributed by atoms with E-state index in [1.54, 1.807) is 11.8 Å². The molecule has 2 N–H and O–H groups in total. The summed E-state index contributed by atoms with van der Waals surface area (Å²) in [7, 11) is 0. The molecule has 0 spiro atoms. The third kappa shape index (κ3) is 2.84. The lowest BCUT2D eigenvalue weighted by Gasteiger charge is -2.06. The number of aromatic nitrogens is 2. The van der Waals surface area contributed by atoms with E-state index in [-0.39, 0.29) is 0 Å². The topological polar surface area (TPSA) is 43.8 Å². The van der Waals surface area contributed by atoms with Crippen molar-refractivity contribution in [1.82, 2.24) is 9.78 Å². The zero-order valence-electron chi connectivity index (χ0n) is 9.56. The number of thioether (sulfide) groups is 1. The molecule has 0 aliphatic heterocycles. The third-order valence-corrected chi connectivity index (χ3v) is 4.11. The van der Waals surface area contributed by atoms with Crippen molar-refractivity contribution in [2.24, 2.45) is 0 Å². The van der Waals surface area contributed by atoms with Crippen LogP contribution in [0.3, 0.4) is 0 Å². The number of anilines is 1. The standard InChI is InChI=1S/C12H14BrN3S/c1-2-17-11-7-15-16(12(11)14)8-9-5-3-4-6-10(9)13/h3-7H,2,8,14H2,1H3. The molecule has 2 aromatic rings. The zero-order valence-corrected chi connectivity index (χ0v) is 12.0. The maximum atomic E-state index is 6.05. The number of hydrogen-bond acceptors (Lipinski definition) is 3. The van der Waals surface area contributed by atoms with Crippen LogP contribution in [0.1, 0.15) is 12.5 Å². The van der Waals surface area contributed by atoms with E-state index in [0.29, 0.717) is 6.54 Å². The molecular weight excluding hydrogens is 298 g/mol. The second-order valence-electron chi connectivity index (χ2n) is 3.58. The highest BCUT2D eigenvalue weighted by molar-refractivity contribution is 9.10. The maximum Gasteiger partial charge on any atom is 0.135 e. The summed E-state index contributed by atoms with van der Waals surface area (Å²) >= 11 is 5.25. The molecule has 0 saturated carbocycles. The van der Waals surface area contributed by atoms with Gasteiger partial charge in [0.25, 0.3) is 0 Å². The van der Waals surface area contributed by atoms with Gasteiger partial charge in [-0.3, -0.25) is 0 Å². The SMILES string of the molecule is CCSc1cnn(Cc2ccccc2Br)c1N. The van der Waals surface area contributed by atoms with Crippen LogP contribution in [-0.2, 0) is 6.54 Å². The Bertz CT molecular complexity index is 510. The van der Waals surface area contributed by atoms with Gasteiger partial charge in [-0.2, -0.15) is 5.10 Å². The molecule has 0 atom stereocenters. The Morgan fingerprint density at radius 2 is 2.18 bits per heavy atom.